The smallest absolute Gasteiger partial charge is 0.259 e. The van der Waals surface area contributed by atoms with Crippen LogP contribution >= 0.6 is 0 Å². The summed E-state index contributed by atoms with van der Waals surface area (Å²) in [6.45, 7) is 5.94. The van der Waals surface area contributed by atoms with Crippen molar-refractivity contribution >= 4 is 11.6 Å². The summed E-state index contributed by atoms with van der Waals surface area (Å²) in [6, 6.07) is 11.6. The summed E-state index contributed by atoms with van der Waals surface area (Å²) in [5.74, 6) is -0.233. The Balaban J connectivity index is 1.94. The summed E-state index contributed by atoms with van der Waals surface area (Å²) in [5, 5.41) is 13.0. The van der Waals surface area contributed by atoms with E-state index in [2.05, 4.69) is 24.4 Å². The summed E-state index contributed by atoms with van der Waals surface area (Å²) in [4.78, 5) is 12.4. The summed E-state index contributed by atoms with van der Waals surface area (Å²) < 4.78 is 0. The van der Waals surface area contributed by atoms with Gasteiger partial charge >= 0.3 is 0 Å². The minimum absolute atomic E-state index is 0.0480. The predicted octanol–water partition coefficient (Wildman–Crippen LogP) is 5.77. The lowest BCUT2D eigenvalue weighted by molar-refractivity contribution is 0.102. The number of nitrogens with one attached hydrogen (secondary N) is 1. The summed E-state index contributed by atoms with van der Waals surface area (Å²) in [7, 11) is 0. The molecule has 0 fully saturated rings. The molecule has 0 radical (unpaired) electrons. The fraction of sp³-hybridized carbons (Fsp3) is 0.409. The van der Waals surface area contributed by atoms with Gasteiger partial charge in [0.1, 0.15) is 5.75 Å². The molecule has 0 atom stereocenters. The molecule has 1 amide bonds. The third-order valence-electron chi connectivity index (χ3n) is 4.47. The number of benzene rings is 2. The Morgan fingerprint density at radius 1 is 1.00 bits per heavy atom. The van der Waals surface area contributed by atoms with Gasteiger partial charge in [0.2, 0.25) is 0 Å². The van der Waals surface area contributed by atoms with Crippen molar-refractivity contribution in [2.24, 2.45) is 0 Å². The van der Waals surface area contributed by atoms with Crippen LogP contribution < -0.4 is 5.32 Å². The molecule has 2 aromatic carbocycles. The van der Waals surface area contributed by atoms with Crippen LogP contribution in [-0.4, -0.2) is 11.0 Å². The second kappa shape index (κ2) is 9.26. The van der Waals surface area contributed by atoms with Crippen LogP contribution in [-0.2, 0) is 6.42 Å². The second-order valence-electron chi connectivity index (χ2n) is 6.79. The van der Waals surface area contributed by atoms with Gasteiger partial charge < -0.3 is 10.4 Å². The average Bonchev–Trinajstić information content (AvgIpc) is 2.59. The van der Waals surface area contributed by atoms with Gasteiger partial charge in [0.05, 0.1) is 5.56 Å². The minimum Gasteiger partial charge on any atom is -0.507 e. The Morgan fingerprint density at radius 2 is 1.68 bits per heavy atom. The Hall–Kier alpha value is -2.29. The number of aromatic hydroxyl groups is 1. The summed E-state index contributed by atoms with van der Waals surface area (Å²) in [6.07, 6.45) is 7.46. The maximum Gasteiger partial charge on any atom is 0.259 e. The Labute approximate surface area is 151 Å². The number of phenolic OH excluding ortho intramolecular Hbond substituents is 1. The molecular weight excluding hydrogens is 310 g/mol. The molecule has 0 saturated carbocycles. The molecule has 2 N–H and O–H groups in total. The molecule has 0 saturated heterocycles. The zero-order chi connectivity index (χ0) is 18.2. The number of unbranched alkanes of at least 4 members (excludes halogenated alkanes) is 4. The third-order valence-corrected chi connectivity index (χ3v) is 4.47. The van der Waals surface area contributed by atoms with Crippen LogP contribution in [0, 0.1) is 13.8 Å². The molecule has 0 aromatic heterocycles. The number of aryl methyl sites for hydroxylation is 3. The van der Waals surface area contributed by atoms with E-state index in [9.17, 15) is 9.90 Å². The van der Waals surface area contributed by atoms with Crippen LogP contribution in [0.3, 0.4) is 0 Å². The number of carbonyl (C=O) groups is 1. The first kappa shape index (κ1) is 19.0. The maximum atomic E-state index is 12.4. The van der Waals surface area contributed by atoms with E-state index < -0.39 is 0 Å². The van der Waals surface area contributed by atoms with Gasteiger partial charge in [-0.15, -0.1) is 0 Å². The Morgan fingerprint density at radius 3 is 2.36 bits per heavy atom. The molecule has 25 heavy (non-hydrogen) atoms. The standard InChI is InChI=1S/C22H29NO2/c1-4-5-6-7-8-9-18-10-12-19(13-11-18)23-22(25)20-15-16(2)14-17(3)21(20)24/h10-15,24H,4-9H2,1-3H3,(H,23,25). The maximum absolute atomic E-state index is 12.4. The van der Waals surface area contributed by atoms with Crippen molar-refractivity contribution in [2.75, 3.05) is 5.32 Å². The van der Waals surface area contributed by atoms with Gasteiger partial charge in [-0.1, -0.05) is 50.8 Å². The minimum atomic E-state index is -0.281. The SMILES string of the molecule is CCCCCCCc1ccc(NC(=O)c2cc(C)cc(C)c2O)cc1. The average molecular weight is 339 g/mol. The fourth-order valence-electron chi connectivity index (χ4n) is 3.02. The highest BCUT2D eigenvalue weighted by Gasteiger charge is 2.14. The molecule has 134 valence electrons. The van der Waals surface area contributed by atoms with E-state index in [4.69, 9.17) is 0 Å². The van der Waals surface area contributed by atoms with Crippen molar-refractivity contribution in [2.45, 2.75) is 59.3 Å². The van der Waals surface area contributed by atoms with E-state index in [-0.39, 0.29) is 11.7 Å². The molecule has 3 heteroatoms. The van der Waals surface area contributed by atoms with Crippen molar-refractivity contribution in [1.82, 2.24) is 0 Å². The summed E-state index contributed by atoms with van der Waals surface area (Å²) in [5.41, 5.74) is 4.03. The molecule has 0 bridgehead atoms. The monoisotopic (exact) mass is 339 g/mol. The number of hydrogen-bond acceptors (Lipinski definition) is 2. The molecule has 2 aromatic rings. The van der Waals surface area contributed by atoms with E-state index in [0.29, 0.717) is 11.1 Å². The van der Waals surface area contributed by atoms with Gasteiger partial charge in [0, 0.05) is 5.69 Å². The van der Waals surface area contributed by atoms with Crippen molar-refractivity contribution in [3.8, 4) is 5.75 Å². The molecule has 3 nitrogen and oxygen atoms in total. The lowest BCUT2D eigenvalue weighted by Gasteiger charge is -2.10. The number of carbonyl (C=O) groups excluding carboxylic acids is 1. The predicted molar refractivity (Wildman–Crippen MR) is 104 cm³/mol. The molecule has 2 rings (SSSR count). The zero-order valence-electron chi connectivity index (χ0n) is 15.6. The van der Waals surface area contributed by atoms with Crippen LogP contribution in [0.5, 0.6) is 5.75 Å². The van der Waals surface area contributed by atoms with Crippen LogP contribution in [0.15, 0.2) is 36.4 Å². The van der Waals surface area contributed by atoms with Crippen LogP contribution in [0.25, 0.3) is 0 Å². The fourth-order valence-corrected chi connectivity index (χ4v) is 3.02. The van der Waals surface area contributed by atoms with Crippen molar-refractivity contribution in [3.05, 3.63) is 58.7 Å². The van der Waals surface area contributed by atoms with Gasteiger partial charge in [0.25, 0.3) is 5.91 Å². The molecule has 0 aliphatic carbocycles. The number of anilines is 1. The van der Waals surface area contributed by atoms with Crippen LogP contribution in [0.2, 0.25) is 0 Å². The number of hydrogen-bond donors (Lipinski definition) is 2. The first-order chi connectivity index (χ1) is 12.0. The normalized spacial score (nSPS) is 10.7. The molecule has 0 aliphatic heterocycles. The van der Waals surface area contributed by atoms with Gasteiger partial charge in [0.15, 0.2) is 0 Å². The topological polar surface area (TPSA) is 49.3 Å². The third kappa shape index (κ3) is 5.63. The Bertz CT molecular complexity index is 705. The van der Waals surface area contributed by atoms with Gasteiger partial charge in [-0.25, -0.2) is 0 Å². The van der Waals surface area contributed by atoms with Crippen molar-refractivity contribution in [1.29, 1.82) is 0 Å². The van der Waals surface area contributed by atoms with Gasteiger partial charge in [-0.2, -0.15) is 0 Å². The zero-order valence-corrected chi connectivity index (χ0v) is 15.6. The molecule has 0 heterocycles. The second-order valence-corrected chi connectivity index (χ2v) is 6.79. The number of phenols is 1. The lowest BCUT2D eigenvalue weighted by atomic mass is 10.0. The molecule has 0 spiro atoms. The van der Waals surface area contributed by atoms with E-state index >= 15 is 0 Å². The summed E-state index contributed by atoms with van der Waals surface area (Å²) >= 11 is 0. The first-order valence-corrected chi connectivity index (χ1v) is 9.21. The molecule has 0 unspecified atom stereocenters. The number of amides is 1. The highest BCUT2D eigenvalue weighted by atomic mass is 16.3. The number of rotatable bonds is 8. The molecular formula is C22H29NO2. The quantitative estimate of drug-likeness (QED) is 0.599. The van der Waals surface area contributed by atoms with Gasteiger partial charge in [-0.05, 0) is 61.6 Å². The largest absolute Gasteiger partial charge is 0.507 e. The van der Waals surface area contributed by atoms with E-state index in [1.54, 1.807) is 13.0 Å². The van der Waals surface area contributed by atoms with Crippen LogP contribution in [0.4, 0.5) is 5.69 Å². The van der Waals surface area contributed by atoms with Crippen molar-refractivity contribution in [3.63, 3.8) is 0 Å². The lowest BCUT2D eigenvalue weighted by Crippen LogP contribution is -2.12. The van der Waals surface area contributed by atoms with Gasteiger partial charge in [-0.3, -0.25) is 4.79 Å². The van der Waals surface area contributed by atoms with E-state index in [1.165, 1.54) is 37.7 Å². The first-order valence-electron chi connectivity index (χ1n) is 9.21. The highest BCUT2D eigenvalue weighted by Crippen LogP contribution is 2.25. The van der Waals surface area contributed by atoms with E-state index in [1.807, 2.05) is 25.1 Å². The van der Waals surface area contributed by atoms with Crippen molar-refractivity contribution < 1.29 is 9.90 Å². The highest BCUT2D eigenvalue weighted by molar-refractivity contribution is 6.06. The van der Waals surface area contributed by atoms with E-state index in [0.717, 1.165) is 17.7 Å². The van der Waals surface area contributed by atoms with Crippen LogP contribution in [0.1, 0.15) is 66.1 Å². The Kier molecular flexibility index (Phi) is 7.05. The molecule has 0 aliphatic rings.